The van der Waals surface area contributed by atoms with Gasteiger partial charge in [0.15, 0.2) is 0 Å². The van der Waals surface area contributed by atoms with Crippen LogP contribution < -0.4 is 9.44 Å². The zero-order valence-corrected chi connectivity index (χ0v) is 25.4. The molecule has 0 atom stereocenters. The second kappa shape index (κ2) is 12.7. The van der Waals surface area contributed by atoms with Crippen molar-refractivity contribution in [1.29, 1.82) is 0 Å². The fourth-order valence-electron chi connectivity index (χ4n) is 4.40. The van der Waals surface area contributed by atoms with Gasteiger partial charge in [-0.05, 0) is 79.8 Å². The Kier molecular flexibility index (Phi) is 9.70. The summed E-state index contributed by atoms with van der Waals surface area (Å²) < 4.78 is 95.8. The molecule has 226 valence electrons. The molecular formula is C27H27ClF3N3O5S3. The lowest BCUT2D eigenvalue weighted by Crippen LogP contribution is -2.32. The predicted molar refractivity (Wildman–Crippen MR) is 157 cm³/mol. The molecule has 0 unspecified atom stereocenters. The van der Waals surface area contributed by atoms with Crippen molar-refractivity contribution in [3.8, 4) is 0 Å². The number of rotatable bonds is 8. The molecule has 4 rings (SSSR count). The van der Waals surface area contributed by atoms with E-state index in [-0.39, 0.29) is 32.6 Å². The van der Waals surface area contributed by atoms with E-state index >= 15 is 0 Å². The summed E-state index contributed by atoms with van der Waals surface area (Å²) in [7, 11) is -8.49. The minimum absolute atomic E-state index is 0.0362. The van der Waals surface area contributed by atoms with Crippen molar-refractivity contribution in [3.63, 3.8) is 0 Å². The monoisotopic (exact) mass is 661 g/mol. The van der Waals surface area contributed by atoms with Crippen LogP contribution >= 0.6 is 23.4 Å². The highest BCUT2D eigenvalue weighted by atomic mass is 35.5. The fourth-order valence-corrected chi connectivity index (χ4v) is 7.33. The van der Waals surface area contributed by atoms with Crippen molar-refractivity contribution in [2.24, 2.45) is 0 Å². The first kappa shape index (κ1) is 32.0. The lowest BCUT2D eigenvalue weighted by molar-refractivity contribution is -0.137. The van der Waals surface area contributed by atoms with E-state index in [1.165, 1.54) is 36.0 Å². The maximum atomic E-state index is 13.3. The molecule has 1 amide bonds. The number of sulfonamides is 2. The fraction of sp³-hybridized carbons (Fsp3) is 0.296. The number of anilines is 2. The number of carbonyl (C=O) groups is 1. The number of likely N-dealkylation sites (tertiary alicyclic amines) is 1. The molecule has 1 fully saturated rings. The van der Waals surface area contributed by atoms with Crippen molar-refractivity contribution >= 4 is 60.7 Å². The highest BCUT2D eigenvalue weighted by Crippen LogP contribution is 2.36. The Hall–Kier alpha value is -2.94. The zero-order valence-electron chi connectivity index (χ0n) is 22.2. The van der Waals surface area contributed by atoms with Gasteiger partial charge in [0.05, 0.1) is 25.9 Å². The topological polar surface area (TPSA) is 113 Å². The molecule has 2 N–H and O–H groups in total. The predicted octanol–water partition coefficient (Wildman–Crippen LogP) is 6.70. The molecule has 8 nitrogen and oxygen atoms in total. The standard InChI is InChI=1S/C27H27ClF3N3O5S3/c1-40-25-13-11-21(17-22(25)26(35)34-14-4-2-3-5-15-34)42(38,39)32-18-6-9-20(10-7-18)41(36,37)33-19-8-12-24(28)23(16-19)27(29,30)31/h6-13,16-17,32-33H,2-5,14-15H2,1H3. The summed E-state index contributed by atoms with van der Waals surface area (Å²) in [5, 5.41) is -0.580. The van der Waals surface area contributed by atoms with Crippen LogP contribution in [0.5, 0.6) is 0 Å². The molecule has 0 aromatic heterocycles. The number of halogens is 4. The van der Waals surface area contributed by atoms with Crippen LogP contribution in [0.2, 0.25) is 5.02 Å². The largest absolute Gasteiger partial charge is 0.417 e. The number of thioether (sulfide) groups is 1. The van der Waals surface area contributed by atoms with Gasteiger partial charge in [-0.1, -0.05) is 24.4 Å². The van der Waals surface area contributed by atoms with Gasteiger partial charge in [-0.3, -0.25) is 14.2 Å². The molecule has 3 aromatic carbocycles. The smallest absolute Gasteiger partial charge is 0.339 e. The number of carbonyl (C=O) groups excluding carboxylic acids is 1. The molecule has 0 spiro atoms. The van der Waals surface area contributed by atoms with Crippen LogP contribution in [0.3, 0.4) is 0 Å². The molecule has 1 aliphatic rings. The van der Waals surface area contributed by atoms with Crippen LogP contribution in [0, 0.1) is 0 Å². The zero-order chi connectivity index (χ0) is 30.7. The normalized spacial score (nSPS) is 14.7. The minimum Gasteiger partial charge on any atom is -0.339 e. The first-order valence-electron chi connectivity index (χ1n) is 12.7. The van der Waals surface area contributed by atoms with E-state index in [9.17, 15) is 34.8 Å². The second-order valence-electron chi connectivity index (χ2n) is 9.50. The van der Waals surface area contributed by atoms with Crippen molar-refractivity contribution in [2.75, 3.05) is 28.8 Å². The molecule has 1 aliphatic heterocycles. The Labute approximate surface area is 251 Å². The highest BCUT2D eigenvalue weighted by molar-refractivity contribution is 7.98. The van der Waals surface area contributed by atoms with Crippen molar-refractivity contribution in [1.82, 2.24) is 4.90 Å². The van der Waals surface area contributed by atoms with E-state index in [0.29, 0.717) is 24.1 Å². The third-order valence-electron chi connectivity index (χ3n) is 6.55. The van der Waals surface area contributed by atoms with Gasteiger partial charge in [-0.2, -0.15) is 13.2 Å². The summed E-state index contributed by atoms with van der Waals surface area (Å²) in [6.07, 6.45) is 0.855. The Bertz CT molecular complexity index is 1680. The van der Waals surface area contributed by atoms with Crippen LogP contribution in [0.15, 0.2) is 75.4 Å². The molecule has 1 saturated heterocycles. The van der Waals surface area contributed by atoms with Crippen LogP contribution in [0.1, 0.15) is 41.6 Å². The van der Waals surface area contributed by atoms with E-state index in [4.69, 9.17) is 11.6 Å². The van der Waals surface area contributed by atoms with Gasteiger partial charge < -0.3 is 4.90 Å². The molecular weight excluding hydrogens is 635 g/mol. The van der Waals surface area contributed by atoms with Crippen molar-refractivity contribution < 1.29 is 34.8 Å². The summed E-state index contributed by atoms with van der Waals surface area (Å²) in [6.45, 7) is 1.21. The van der Waals surface area contributed by atoms with E-state index < -0.39 is 36.8 Å². The van der Waals surface area contributed by atoms with Crippen molar-refractivity contribution in [2.45, 2.75) is 46.5 Å². The summed E-state index contributed by atoms with van der Waals surface area (Å²) in [5.74, 6) is -0.233. The lowest BCUT2D eigenvalue weighted by Gasteiger charge is -2.22. The second-order valence-corrected chi connectivity index (χ2v) is 14.1. The summed E-state index contributed by atoms with van der Waals surface area (Å²) in [6, 6.07) is 11.5. The molecule has 3 aromatic rings. The molecule has 42 heavy (non-hydrogen) atoms. The maximum absolute atomic E-state index is 13.3. The summed E-state index contributed by atoms with van der Waals surface area (Å²) in [5.41, 5.74) is -1.23. The minimum atomic E-state index is -4.78. The van der Waals surface area contributed by atoms with Gasteiger partial charge in [-0.25, -0.2) is 16.8 Å². The Morgan fingerprint density at radius 2 is 1.36 bits per heavy atom. The number of alkyl halides is 3. The van der Waals surface area contributed by atoms with Crippen LogP contribution in [0.4, 0.5) is 24.5 Å². The van der Waals surface area contributed by atoms with Gasteiger partial charge in [-0.15, -0.1) is 11.8 Å². The maximum Gasteiger partial charge on any atom is 0.417 e. The third kappa shape index (κ3) is 7.52. The number of hydrogen-bond donors (Lipinski definition) is 2. The number of benzene rings is 3. The van der Waals surface area contributed by atoms with Gasteiger partial charge in [0.1, 0.15) is 0 Å². The van der Waals surface area contributed by atoms with E-state index in [1.807, 2.05) is 0 Å². The number of amides is 1. The molecule has 0 aliphatic carbocycles. The van der Waals surface area contributed by atoms with E-state index in [1.54, 1.807) is 17.2 Å². The molecule has 0 bridgehead atoms. The summed E-state index contributed by atoms with van der Waals surface area (Å²) in [4.78, 5) is 15.2. The lowest BCUT2D eigenvalue weighted by atomic mass is 10.2. The first-order chi connectivity index (χ1) is 19.7. The van der Waals surface area contributed by atoms with Crippen LogP contribution in [-0.4, -0.2) is 47.0 Å². The Balaban J connectivity index is 1.53. The van der Waals surface area contributed by atoms with Crippen molar-refractivity contribution in [3.05, 3.63) is 76.8 Å². The average molecular weight is 662 g/mol. The van der Waals surface area contributed by atoms with E-state index in [0.717, 1.165) is 49.9 Å². The summed E-state index contributed by atoms with van der Waals surface area (Å²) >= 11 is 6.93. The number of nitrogens with zero attached hydrogens (tertiary/aromatic N) is 1. The average Bonchev–Trinajstić information content (AvgIpc) is 3.22. The molecule has 0 saturated carbocycles. The number of hydrogen-bond acceptors (Lipinski definition) is 6. The van der Waals surface area contributed by atoms with Gasteiger partial charge >= 0.3 is 6.18 Å². The van der Waals surface area contributed by atoms with Gasteiger partial charge in [0.2, 0.25) is 0 Å². The quantitative estimate of drug-likeness (QED) is 0.260. The highest BCUT2D eigenvalue weighted by Gasteiger charge is 2.33. The Morgan fingerprint density at radius 1 is 0.810 bits per heavy atom. The third-order valence-corrected chi connectivity index (χ3v) is 10.4. The molecule has 0 radical (unpaired) electrons. The molecule has 1 heterocycles. The molecule has 15 heteroatoms. The SMILES string of the molecule is CSc1ccc(S(=O)(=O)Nc2ccc(S(=O)(=O)Nc3ccc(Cl)c(C(F)(F)F)c3)cc2)cc1C(=O)N1CCCCCC1. The Morgan fingerprint density at radius 3 is 1.95 bits per heavy atom. The van der Waals surface area contributed by atoms with Crippen LogP contribution in [0.25, 0.3) is 0 Å². The van der Waals surface area contributed by atoms with Gasteiger partial charge in [0.25, 0.3) is 26.0 Å². The first-order valence-corrected chi connectivity index (χ1v) is 17.3. The van der Waals surface area contributed by atoms with E-state index in [2.05, 4.69) is 9.44 Å². The van der Waals surface area contributed by atoms with Gasteiger partial charge in [0, 0.05) is 29.4 Å². The number of nitrogens with one attached hydrogen (secondary N) is 2. The van der Waals surface area contributed by atoms with Crippen LogP contribution in [-0.2, 0) is 26.2 Å².